The van der Waals surface area contributed by atoms with Gasteiger partial charge in [-0.25, -0.2) is 0 Å². The molecule has 0 saturated heterocycles. The number of hydrogen-bond donors (Lipinski definition) is 2. The van der Waals surface area contributed by atoms with Crippen LogP contribution in [0.3, 0.4) is 0 Å². The lowest BCUT2D eigenvalue weighted by Gasteiger charge is -2.36. The number of aliphatic hydroxyl groups excluding tert-OH is 1. The normalized spacial score (nSPS) is 17.0. The van der Waals surface area contributed by atoms with Crippen LogP contribution in [-0.2, 0) is 14.9 Å². The Morgan fingerprint density at radius 2 is 2.04 bits per heavy atom. The maximum atomic E-state index is 12.9. The first-order valence-corrected chi connectivity index (χ1v) is 8.80. The Bertz CT molecular complexity index is 501. The van der Waals surface area contributed by atoms with Crippen LogP contribution < -0.4 is 5.32 Å². The summed E-state index contributed by atoms with van der Waals surface area (Å²) in [4.78, 5) is 12.9. The molecule has 0 unspecified atom stereocenters. The van der Waals surface area contributed by atoms with Crippen LogP contribution in [0.4, 0.5) is 0 Å². The lowest BCUT2D eigenvalue weighted by molar-refractivity contribution is -0.128. The Kier molecular flexibility index (Phi) is 7.34. The van der Waals surface area contributed by atoms with E-state index in [9.17, 15) is 4.79 Å². The van der Waals surface area contributed by atoms with Gasteiger partial charge < -0.3 is 15.2 Å². The van der Waals surface area contributed by atoms with Gasteiger partial charge in [0.25, 0.3) is 0 Å². The first kappa shape index (κ1) is 18.2. The zero-order valence-electron chi connectivity index (χ0n) is 13.5. The number of amides is 1. The summed E-state index contributed by atoms with van der Waals surface area (Å²) in [6.45, 7) is 1.52. The van der Waals surface area contributed by atoms with Crippen molar-refractivity contribution in [1.82, 2.24) is 5.32 Å². The molecule has 0 aliphatic heterocycles. The Balaban J connectivity index is 1.99. The molecule has 0 aromatic heterocycles. The van der Waals surface area contributed by atoms with E-state index in [2.05, 4.69) is 5.32 Å². The van der Waals surface area contributed by atoms with Crippen LogP contribution in [0, 0.1) is 0 Å². The highest BCUT2D eigenvalue weighted by atomic mass is 35.5. The van der Waals surface area contributed by atoms with E-state index in [1.165, 1.54) is 6.42 Å². The molecule has 1 saturated carbocycles. The predicted molar refractivity (Wildman–Crippen MR) is 91.7 cm³/mol. The molecule has 1 fully saturated rings. The Hall–Kier alpha value is -1.10. The van der Waals surface area contributed by atoms with Crippen molar-refractivity contribution in [2.75, 3.05) is 26.4 Å². The number of benzene rings is 1. The molecule has 1 aromatic carbocycles. The van der Waals surface area contributed by atoms with Crippen LogP contribution in [0.5, 0.6) is 0 Å². The number of hydrogen-bond acceptors (Lipinski definition) is 3. The number of carbonyl (C=O) groups is 1. The number of nitrogens with one attached hydrogen (secondary N) is 1. The van der Waals surface area contributed by atoms with Crippen molar-refractivity contribution in [3.63, 3.8) is 0 Å². The van der Waals surface area contributed by atoms with Gasteiger partial charge in [0, 0.05) is 18.2 Å². The zero-order chi connectivity index (χ0) is 16.5. The number of rotatable bonds is 8. The highest BCUT2D eigenvalue weighted by Crippen LogP contribution is 2.40. The molecule has 0 bridgehead atoms. The third-order valence-corrected chi connectivity index (χ3v) is 4.74. The summed E-state index contributed by atoms with van der Waals surface area (Å²) >= 11 is 6.14. The highest BCUT2D eigenvalue weighted by molar-refractivity contribution is 6.30. The van der Waals surface area contributed by atoms with Crippen molar-refractivity contribution in [2.45, 2.75) is 43.9 Å². The topological polar surface area (TPSA) is 58.6 Å². The molecule has 5 heteroatoms. The average molecular weight is 340 g/mol. The number of halogens is 1. The summed E-state index contributed by atoms with van der Waals surface area (Å²) in [7, 11) is 0. The van der Waals surface area contributed by atoms with E-state index in [1.54, 1.807) is 0 Å². The van der Waals surface area contributed by atoms with Crippen LogP contribution in [0.1, 0.15) is 44.1 Å². The second-order valence-corrected chi connectivity index (χ2v) is 6.53. The van der Waals surface area contributed by atoms with Gasteiger partial charge in [0.1, 0.15) is 0 Å². The molecule has 0 atom stereocenters. The molecular formula is C18H26ClNO3. The minimum absolute atomic E-state index is 0.0320. The van der Waals surface area contributed by atoms with Crippen molar-refractivity contribution < 1.29 is 14.6 Å². The molecule has 23 heavy (non-hydrogen) atoms. The Morgan fingerprint density at radius 3 is 2.74 bits per heavy atom. The Labute approximate surface area is 143 Å². The molecule has 1 amide bonds. The van der Waals surface area contributed by atoms with Crippen LogP contribution >= 0.6 is 11.6 Å². The third kappa shape index (κ3) is 4.93. The molecule has 0 heterocycles. The number of ether oxygens (including phenoxy) is 1. The van der Waals surface area contributed by atoms with Crippen LogP contribution in [-0.4, -0.2) is 37.4 Å². The van der Waals surface area contributed by atoms with E-state index in [0.29, 0.717) is 24.8 Å². The lowest BCUT2D eigenvalue weighted by Crippen LogP contribution is -2.46. The predicted octanol–water partition coefficient (Wildman–Crippen LogP) is 3.06. The fourth-order valence-corrected chi connectivity index (χ4v) is 3.49. The molecule has 1 aliphatic carbocycles. The van der Waals surface area contributed by atoms with Gasteiger partial charge in [0.15, 0.2) is 0 Å². The Morgan fingerprint density at radius 1 is 1.26 bits per heavy atom. The molecule has 0 spiro atoms. The third-order valence-electron chi connectivity index (χ3n) is 4.51. The molecule has 2 rings (SSSR count). The van der Waals surface area contributed by atoms with Crippen LogP contribution in [0.25, 0.3) is 0 Å². The minimum atomic E-state index is -0.449. The molecule has 4 nitrogen and oxygen atoms in total. The fourth-order valence-electron chi connectivity index (χ4n) is 3.30. The highest BCUT2D eigenvalue weighted by Gasteiger charge is 2.40. The van der Waals surface area contributed by atoms with Gasteiger partial charge in [-0.1, -0.05) is 43.0 Å². The van der Waals surface area contributed by atoms with Crippen LogP contribution in [0.15, 0.2) is 24.3 Å². The standard InChI is InChI=1S/C18H26ClNO3/c19-16-7-4-6-15(14-16)18(8-2-1-3-9-18)17(22)20-10-5-12-23-13-11-21/h4,6-7,14,21H,1-3,5,8-13H2,(H,20,22). The summed E-state index contributed by atoms with van der Waals surface area (Å²) in [6.07, 6.45) is 5.82. The van der Waals surface area contributed by atoms with Gasteiger partial charge in [-0.3, -0.25) is 4.79 Å². The molecule has 0 radical (unpaired) electrons. The monoisotopic (exact) mass is 339 g/mol. The first-order chi connectivity index (χ1) is 11.2. The van der Waals surface area contributed by atoms with E-state index in [0.717, 1.165) is 37.7 Å². The van der Waals surface area contributed by atoms with Gasteiger partial charge in [-0.2, -0.15) is 0 Å². The van der Waals surface area contributed by atoms with Gasteiger partial charge in [0.2, 0.25) is 5.91 Å². The second-order valence-electron chi connectivity index (χ2n) is 6.10. The van der Waals surface area contributed by atoms with Crippen molar-refractivity contribution in [3.8, 4) is 0 Å². The van der Waals surface area contributed by atoms with Crippen molar-refractivity contribution in [2.24, 2.45) is 0 Å². The summed E-state index contributed by atoms with van der Waals surface area (Å²) in [5.74, 6) is 0.0987. The zero-order valence-corrected chi connectivity index (χ0v) is 14.3. The summed E-state index contributed by atoms with van der Waals surface area (Å²) < 4.78 is 5.22. The van der Waals surface area contributed by atoms with Crippen LogP contribution in [0.2, 0.25) is 5.02 Å². The maximum absolute atomic E-state index is 12.9. The minimum Gasteiger partial charge on any atom is -0.394 e. The van der Waals surface area contributed by atoms with E-state index < -0.39 is 5.41 Å². The summed E-state index contributed by atoms with van der Waals surface area (Å²) in [6, 6.07) is 7.71. The SMILES string of the molecule is O=C(NCCCOCCO)C1(c2cccc(Cl)c2)CCCCC1. The molecule has 1 aliphatic rings. The van der Waals surface area contributed by atoms with Gasteiger partial charge in [-0.05, 0) is 37.0 Å². The van der Waals surface area contributed by atoms with Gasteiger partial charge in [-0.15, -0.1) is 0 Å². The van der Waals surface area contributed by atoms with Crippen molar-refractivity contribution in [3.05, 3.63) is 34.9 Å². The fraction of sp³-hybridized carbons (Fsp3) is 0.611. The smallest absolute Gasteiger partial charge is 0.230 e. The average Bonchev–Trinajstić information content (AvgIpc) is 2.58. The second kappa shape index (κ2) is 9.26. The van der Waals surface area contributed by atoms with E-state index in [-0.39, 0.29) is 12.5 Å². The molecular weight excluding hydrogens is 314 g/mol. The number of aliphatic hydroxyl groups is 1. The molecule has 128 valence electrons. The van der Waals surface area contributed by atoms with Crippen molar-refractivity contribution >= 4 is 17.5 Å². The largest absolute Gasteiger partial charge is 0.394 e. The summed E-state index contributed by atoms with van der Waals surface area (Å²) in [5, 5.41) is 12.4. The van der Waals surface area contributed by atoms with Gasteiger partial charge in [0.05, 0.1) is 18.6 Å². The van der Waals surface area contributed by atoms with Crippen molar-refractivity contribution in [1.29, 1.82) is 0 Å². The molecule has 2 N–H and O–H groups in total. The maximum Gasteiger partial charge on any atom is 0.230 e. The summed E-state index contributed by atoms with van der Waals surface area (Å²) in [5.41, 5.74) is 0.577. The first-order valence-electron chi connectivity index (χ1n) is 8.42. The lowest BCUT2D eigenvalue weighted by atomic mass is 9.68. The molecule has 1 aromatic rings. The van der Waals surface area contributed by atoms with E-state index >= 15 is 0 Å². The van der Waals surface area contributed by atoms with Gasteiger partial charge >= 0.3 is 0 Å². The van der Waals surface area contributed by atoms with E-state index in [4.69, 9.17) is 21.4 Å². The number of carbonyl (C=O) groups excluding carboxylic acids is 1. The quantitative estimate of drug-likeness (QED) is 0.716. The van der Waals surface area contributed by atoms with E-state index in [1.807, 2.05) is 24.3 Å².